The lowest BCUT2D eigenvalue weighted by Crippen LogP contribution is -2.27. The zero-order valence-corrected chi connectivity index (χ0v) is 10.7. The van der Waals surface area contributed by atoms with Crippen LogP contribution in [-0.4, -0.2) is 28.9 Å². The molecule has 1 aliphatic rings. The number of hydrogen-bond acceptors (Lipinski definition) is 2. The molecule has 18 heavy (non-hydrogen) atoms. The molecule has 1 fully saturated rings. The molecule has 1 aromatic heterocycles. The summed E-state index contributed by atoms with van der Waals surface area (Å²) in [5, 5.41) is 0. The van der Waals surface area contributed by atoms with E-state index in [9.17, 15) is 13.6 Å². The summed E-state index contributed by atoms with van der Waals surface area (Å²) in [6, 6.07) is 2.65. The Morgan fingerprint density at radius 3 is 2.50 bits per heavy atom. The van der Waals surface area contributed by atoms with Crippen molar-refractivity contribution in [1.29, 1.82) is 0 Å². The summed E-state index contributed by atoms with van der Waals surface area (Å²) in [6.45, 7) is 5.43. The van der Waals surface area contributed by atoms with Crippen molar-refractivity contribution in [3.05, 3.63) is 29.6 Å². The minimum Gasteiger partial charge on any atom is -0.339 e. The average molecular weight is 256 g/mol. The molecule has 5 heteroatoms. The van der Waals surface area contributed by atoms with Gasteiger partial charge in [-0.05, 0) is 25.0 Å². The molecule has 3 nitrogen and oxygen atoms in total. The van der Waals surface area contributed by atoms with Gasteiger partial charge in [0.15, 0.2) is 0 Å². The molecule has 0 N–H and O–H groups in total. The number of rotatable bonds is 2. The topological polar surface area (TPSA) is 33.2 Å². The summed E-state index contributed by atoms with van der Waals surface area (Å²) < 4.78 is 24.8. The van der Waals surface area contributed by atoms with Gasteiger partial charge >= 0.3 is 0 Å². The molecule has 2 rings (SSSR count). The van der Waals surface area contributed by atoms with Crippen LogP contribution >= 0.6 is 0 Å². The number of nitrogens with zero attached hydrogens (tertiary/aromatic N) is 2. The summed E-state index contributed by atoms with van der Waals surface area (Å²) in [5.74, 6) is -0.179. The first kappa shape index (κ1) is 14.5. The molecule has 0 atom stereocenters. The molecule has 1 amide bonds. The van der Waals surface area contributed by atoms with E-state index in [4.69, 9.17) is 0 Å². The maximum absolute atomic E-state index is 12.4. The highest BCUT2D eigenvalue weighted by atomic mass is 19.3. The van der Waals surface area contributed by atoms with Crippen LogP contribution < -0.4 is 0 Å². The van der Waals surface area contributed by atoms with Gasteiger partial charge in [-0.3, -0.25) is 9.78 Å². The quantitative estimate of drug-likeness (QED) is 0.813. The minimum atomic E-state index is -2.63. The number of hydrogen-bond donors (Lipinski definition) is 0. The first-order valence-corrected chi connectivity index (χ1v) is 6.22. The molecule has 0 bridgehead atoms. The maximum atomic E-state index is 12.4. The fourth-order valence-corrected chi connectivity index (χ4v) is 1.80. The van der Waals surface area contributed by atoms with E-state index in [1.54, 1.807) is 4.90 Å². The van der Waals surface area contributed by atoms with E-state index in [1.807, 2.05) is 13.8 Å². The molecule has 2 heterocycles. The van der Waals surface area contributed by atoms with Crippen LogP contribution in [0.2, 0.25) is 0 Å². The average Bonchev–Trinajstić information content (AvgIpc) is 2.94. The number of amides is 1. The van der Waals surface area contributed by atoms with Crippen LogP contribution in [0.5, 0.6) is 0 Å². The van der Waals surface area contributed by atoms with Gasteiger partial charge in [0.05, 0.1) is 0 Å². The van der Waals surface area contributed by atoms with Crippen molar-refractivity contribution in [3.8, 4) is 0 Å². The van der Waals surface area contributed by atoms with Crippen LogP contribution in [0, 0.1) is 0 Å². The van der Waals surface area contributed by atoms with Gasteiger partial charge in [0.1, 0.15) is 5.69 Å². The molecule has 1 aliphatic heterocycles. The Labute approximate surface area is 106 Å². The van der Waals surface area contributed by atoms with Crippen LogP contribution in [0.3, 0.4) is 0 Å². The first-order valence-electron chi connectivity index (χ1n) is 6.22. The van der Waals surface area contributed by atoms with Crippen molar-refractivity contribution < 1.29 is 13.6 Å². The van der Waals surface area contributed by atoms with Crippen molar-refractivity contribution in [2.24, 2.45) is 0 Å². The molecule has 0 aliphatic carbocycles. The van der Waals surface area contributed by atoms with E-state index >= 15 is 0 Å². The Morgan fingerprint density at radius 2 is 1.94 bits per heavy atom. The Kier molecular flexibility index (Phi) is 5.68. The second-order valence-electron chi connectivity index (χ2n) is 3.77. The standard InChI is InChI=1S/C11H12F2N2O.C2H6/c12-10(13)9-7-8(3-4-14-9)11(16)15-5-1-2-6-15;1-2/h3-4,7,10H,1-2,5-6H2;1-2H3. The zero-order valence-electron chi connectivity index (χ0n) is 10.7. The van der Waals surface area contributed by atoms with Gasteiger partial charge in [0, 0.05) is 24.8 Å². The summed E-state index contributed by atoms with van der Waals surface area (Å²) in [4.78, 5) is 17.1. The Bertz CT molecular complexity index is 390. The molecular formula is C13H18F2N2O. The van der Waals surface area contributed by atoms with Crippen LogP contribution in [-0.2, 0) is 0 Å². The molecule has 0 radical (unpaired) electrons. The number of carbonyl (C=O) groups is 1. The number of pyridine rings is 1. The lowest BCUT2D eigenvalue weighted by Gasteiger charge is -2.15. The van der Waals surface area contributed by atoms with Crippen LogP contribution in [0.25, 0.3) is 0 Å². The van der Waals surface area contributed by atoms with Gasteiger partial charge in [-0.15, -0.1) is 0 Å². The number of likely N-dealkylation sites (tertiary alicyclic amines) is 1. The first-order chi connectivity index (χ1) is 8.68. The second-order valence-corrected chi connectivity index (χ2v) is 3.77. The Balaban J connectivity index is 0.000000771. The lowest BCUT2D eigenvalue weighted by molar-refractivity contribution is 0.0792. The summed E-state index contributed by atoms with van der Waals surface area (Å²) in [7, 11) is 0. The van der Waals surface area contributed by atoms with Crippen LogP contribution in [0.15, 0.2) is 18.3 Å². The van der Waals surface area contributed by atoms with Gasteiger partial charge in [-0.2, -0.15) is 0 Å². The van der Waals surface area contributed by atoms with E-state index in [2.05, 4.69) is 4.98 Å². The van der Waals surface area contributed by atoms with Crippen molar-refractivity contribution in [2.45, 2.75) is 33.1 Å². The Morgan fingerprint density at radius 1 is 1.33 bits per heavy atom. The molecule has 1 aromatic rings. The van der Waals surface area contributed by atoms with Crippen LogP contribution in [0.1, 0.15) is 49.2 Å². The van der Waals surface area contributed by atoms with Gasteiger partial charge < -0.3 is 4.90 Å². The zero-order chi connectivity index (χ0) is 13.5. The number of alkyl halides is 2. The SMILES string of the molecule is CC.O=C(c1ccnc(C(F)F)c1)N1CCCC1. The van der Waals surface area contributed by atoms with Crippen molar-refractivity contribution in [1.82, 2.24) is 9.88 Å². The third-order valence-corrected chi connectivity index (χ3v) is 2.64. The molecule has 100 valence electrons. The van der Waals surface area contributed by atoms with Crippen molar-refractivity contribution >= 4 is 5.91 Å². The van der Waals surface area contributed by atoms with Gasteiger partial charge in [0.25, 0.3) is 12.3 Å². The molecule has 0 spiro atoms. The molecule has 1 saturated heterocycles. The monoisotopic (exact) mass is 256 g/mol. The predicted octanol–water partition coefficient (Wildman–Crippen LogP) is 3.28. The van der Waals surface area contributed by atoms with Crippen molar-refractivity contribution in [3.63, 3.8) is 0 Å². The van der Waals surface area contributed by atoms with Gasteiger partial charge in [-0.1, -0.05) is 13.8 Å². The highest BCUT2D eigenvalue weighted by Crippen LogP contribution is 2.19. The Hall–Kier alpha value is -1.52. The number of halogens is 2. The van der Waals surface area contributed by atoms with E-state index < -0.39 is 6.43 Å². The third-order valence-electron chi connectivity index (χ3n) is 2.64. The van der Waals surface area contributed by atoms with E-state index in [1.165, 1.54) is 18.3 Å². The minimum absolute atomic E-state index is 0.179. The fourth-order valence-electron chi connectivity index (χ4n) is 1.80. The molecule has 0 aromatic carbocycles. The van der Waals surface area contributed by atoms with E-state index in [0.717, 1.165) is 12.8 Å². The highest BCUT2D eigenvalue weighted by Gasteiger charge is 2.20. The molecule has 0 saturated carbocycles. The fraction of sp³-hybridized carbons (Fsp3) is 0.538. The largest absolute Gasteiger partial charge is 0.339 e. The molecular weight excluding hydrogens is 238 g/mol. The summed E-state index contributed by atoms with van der Waals surface area (Å²) >= 11 is 0. The molecule has 0 unspecified atom stereocenters. The normalized spacial score (nSPS) is 14.4. The van der Waals surface area contributed by atoms with Gasteiger partial charge in [-0.25, -0.2) is 8.78 Å². The smallest absolute Gasteiger partial charge is 0.280 e. The second kappa shape index (κ2) is 7.03. The van der Waals surface area contributed by atoms with E-state index in [0.29, 0.717) is 18.7 Å². The number of carbonyl (C=O) groups excluding carboxylic acids is 1. The maximum Gasteiger partial charge on any atom is 0.280 e. The van der Waals surface area contributed by atoms with Crippen LogP contribution in [0.4, 0.5) is 8.78 Å². The lowest BCUT2D eigenvalue weighted by atomic mass is 10.2. The van der Waals surface area contributed by atoms with Gasteiger partial charge in [0.2, 0.25) is 0 Å². The predicted molar refractivity (Wildman–Crippen MR) is 65.7 cm³/mol. The highest BCUT2D eigenvalue weighted by molar-refractivity contribution is 5.94. The number of aromatic nitrogens is 1. The third kappa shape index (κ3) is 3.48. The summed E-state index contributed by atoms with van der Waals surface area (Å²) in [5.41, 5.74) is -0.0442. The summed E-state index contributed by atoms with van der Waals surface area (Å²) in [6.07, 6.45) is 0.591. The van der Waals surface area contributed by atoms with Crippen molar-refractivity contribution in [2.75, 3.05) is 13.1 Å². The van der Waals surface area contributed by atoms with E-state index in [-0.39, 0.29) is 11.6 Å².